The highest BCUT2D eigenvalue weighted by Gasteiger charge is 2.12. The van der Waals surface area contributed by atoms with Crippen LogP contribution in [0.4, 0.5) is 0 Å². The van der Waals surface area contributed by atoms with Crippen LogP contribution >= 0.6 is 0 Å². The Morgan fingerprint density at radius 2 is 1.77 bits per heavy atom. The van der Waals surface area contributed by atoms with Crippen molar-refractivity contribution in [1.82, 2.24) is 4.57 Å². The van der Waals surface area contributed by atoms with Crippen molar-refractivity contribution in [3.05, 3.63) is 70.0 Å². The molecule has 1 aromatic heterocycles. The zero-order valence-corrected chi connectivity index (χ0v) is 13.0. The Morgan fingerprint density at radius 1 is 1.05 bits per heavy atom. The van der Waals surface area contributed by atoms with Crippen molar-refractivity contribution in [2.75, 3.05) is 0 Å². The van der Waals surface area contributed by atoms with Crippen LogP contribution in [0.2, 0.25) is 0 Å². The first-order valence-corrected chi connectivity index (χ1v) is 7.43. The van der Waals surface area contributed by atoms with E-state index in [1.165, 1.54) is 10.1 Å². The van der Waals surface area contributed by atoms with E-state index in [0.717, 1.165) is 10.9 Å². The van der Waals surface area contributed by atoms with Gasteiger partial charge in [-0.05, 0) is 47.6 Å². The van der Waals surface area contributed by atoms with E-state index in [9.17, 15) is 9.90 Å². The van der Waals surface area contributed by atoms with Crippen LogP contribution in [0.1, 0.15) is 30.9 Å². The molecule has 0 amide bonds. The van der Waals surface area contributed by atoms with Crippen molar-refractivity contribution in [1.29, 1.82) is 0 Å². The summed E-state index contributed by atoms with van der Waals surface area (Å²) in [5.74, 6) is 0.413. The molecular formula is C19H19NO2. The summed E-state index contributed by atoms with van der Waals surface area (Å²) in [6.07, 6.45) is 0. The lowest BCUT2D eigenvalue weighted by molar-refractivity contribution is 0.443. The normalized spacial score (nSPS) is 11.3. The van der Waals surface area contributed by atoms with Crippen LogP contribution in [0.15, 0.2) is 53.3 Å². The number of hydrogen-bond donors (Lipinski definition) is 1. The molecule has 0 spiro atoms. The van der Waals surface area contributed by atoms with E-state index in [2.05, 4.69) is 13.8 Å². The van der Waals surface area contributed by atoms with Crippen molar-refractivity contribution in [2.24, 2.45) is 0 Å². The molecule has 1 heterocycles. The van der Waals surface area contributed by atoms with Gasteiger partial charge in [0, 0.05) is 11.5 Å². The fraction of sp³-hybridized carbons (Fsp3) is 0.211. The number of rotatable bonds is 2. The van der Waals surface area contributed by atoms with Crippen LogP contribution in [-0.2, 0) is 0 Å². The van der Waals surface area contributed by atoms with Crippen LogP contribution in [0.3, 0.4) is 0 Å². The molecule has 0 saturated heterocycles. The third-order valence-corrected chi connectivity index (χ3v) is 4.05. The molecule has 3 heteroatoms. The van der Waals surface area contributed by atoms with Gasteiger partial charge < -0.3 is 5.11 Å². The largest absolute Gasteiger partial charge is 0.494 e. The van der Waals surface area contributed by atoms with Crippen LogP contribution in [-0.4, -0.2) is 9.67 Å². The summed E-state index contributed by atoms with van der Waals surface area (Å²) in [5.41, 5.74) is 2.83. The predicted octanol–water partition coefficient (Wildman–Crippen LogP) is 4.13. The standard InChI is InChI=1S/C19H19NO2/c1-12(2)16-9-8-15(10-13(16)3)20-18(21)11-14-6-4-5-7-17(14)19(20)22/h4-12,22H,1-3H3. The summed E-state index contributed by atoms with van der Waals surface area (Å²) in [6, 6.07) is 14.8. The maximum absolute atomic E-state index is 12.4. The quantitative estimate of drug-likeness (QED) is 0.772. The average Bonchev–Trinajstić information content (AvgIpc) is 2.47. The summed E-state index contributed by atoms with van der Waals surface area (Å²) in [5, 5.41) is 11.9. The van der Waals surface area contributed by atoms with E-state index >= 15 is 0 Å². The van der Waals surface area contributed by atoms with Crippen molar-refractivity contribution in [3.63, 3.8) is 0 Å². The minimum absolute atomic E-state index is 0.0141. The van der Waals surface area contributed by atoms with Gasteiger partial charge >= 0.3 is 0 Å². The van der Waals surface area contributed by atoms with Crippen molar-refractivity contribution >= 4 is 10.8 Å². The molecule has 1 N–H and O–H groups in total. The second kappa shape index (κ2) is 5.34. The minimum Gasteiger partial charge on any atom is -0.494 e. The molecule has 2 aromatic carbocycles. The van der Waals surface area contributed by atoms with Crippen molar-refractivity contribution in [3.8, 4) is 11.6 Å². The Morgan fingerprint density at radius 3 is 2.45 bits per heavy atom. The van der Waals surface area contributed by atoms with Gasteiger partial charge in [0.1, 0.15) is 0 Å². The number of fused-ring (bicyclic) bond motifs is 1. The number of nitrogens with zero attached hydrogens (tertiary/aromatic N) is 1. The topological polar surface area (TPSA) is 42.2 Å². The summed E-state index contributed by atoms with van der Waals surface area (Å²) in [7, 11) is 0. The number of aromatic hydroxyl groups is 1. The van der Waals surface area contributed by atoms with Crippen molar-refractivity contribution in [2.45, 2.75) is 26.7 Å². The maximum Gasteiger partial charge on any atom is 0.258 e. The van der Waals surface area contributed by atoms with Gasteiger partial charge in [-0.15, -0.1) is 0 Å². The number of aryl methyl sites for hydroxylation is 1. The first-order valence-electron chi connectivity index (χ1n) is 7.43. The fourth-order valence-electron chi connectivity index (χ4n) is 2.95. The number of aromatic nitrogens is 1. The smallest absolute Gasteiger partial charge is 0.258 e. The molecule has 0 unspecified atom stereocenters. The Kier molecular flexibility index (Phi) is 3.49. The lowest BCUT2D eigenvalue weighted by atomic mass is 9.97. The van der Waals surface area contributed by atoms with Crippen LogP contribution in [0.5, 0.6) is 5.88 Å². The zero-order valence-electron chi connectivity index (χ0n) is 13.0. The lowest BCUT2D eigenvalue weighted by Gasteiger charge is -2.15. The first-order chi connectivity index (χ1) is 10.5. The number of pyridine rings is 1. The van der Waals surface area contributed by atoms with E-state index in [0.29, 0.717) is 17.0 Å². The maximum atomic E-state index is 12.4. The van der Waals surface area contributed by atoms with E-state index < -0.39 is 0 Å². The molecule has 0 radical (unpaired) electrons. The summed E-state index contributed by atoms with van der Waals surface area (Å²) < 4.78 is 1.36. The molecule has 0 bridgehead atoms. The SMILES string of the molecule is Cc1cc(-n2c(O)c3ccccc3cc2=O)ccc1C(C)C. The van der Waals surface area contributed by atoms with Gasteiger partial charge in [-0.3, -0.25) is 4.79 Å². The van der Waals surface area contributed by atoms with Gasteiger partial charge in [0.15, 0.2) is 0 Å². The second-order valence-corrected chi connectivity index (χ2v) is 5.92. The van der Waals surface area contributed by atoms with E-state index in [1.54, 1.807) is 6.07 Å². The van der Waals surface area contributed by atoms with Gasteiger partial charge in [-0.1, -0.05) is 38.1 Å². The number of benzene rings is 2. The van der Waals surface area contributed by atoms with Crippen LogP contribution in [0.25, 0.3) is 16.5 Å². The zero-order chi connectivity index (χ0) is 15.9. The molecule has 112 valence electrons. The minimum atomic E-state index is -0.229. The highest BCUT2D eigenvalue weighted by Crippen LogP contribution is 2.27. The first kappa shape index (κ1) is 14.4. The summed E-state index contributed by atoms with van der Waals surface area (Å²) >= 11 is 0. The summed E-state index contributed by atoms with van der Waals surface area (Å²) in [4.78, 5) is 12.4. The Hall–Kier alpha value is -2.55. The summed E-state index contributed by atoms with van der Waals surface area (Å²) in [6.45, 7) is 6.31. The third kappa shape index (κ3) is 2.29. The van der Waals surface area contributed by atoms with Gasteiger partial charge in [0.2, 0.25) is 5.88 Å². The van der Waals surface area contributed by atoms with Gasteiger partial charge in [-0.25, -0.2) is 4.57 Å². The molecule has 0 atom stereocenters. The molecular weight excluding hydrogens is 274 g/mol. The number of hydrogen-bond acceptors (Lipinski definition) is 2. The molecule has 0 aliphatic heterocycles. The molecule has 0 saturated carbocycles. The molecule has 0 aliphatic rings. The Bertz CT molecular complexity index is 907. The molecule has 3 nitrogen and oxygen atoms in total. The van der Waals surface area contributed by atoms with Crippen LogP contribution in [0, 0.1) is 6.92 Å². The van der Waals surface area contributed by atoms with E-state index in [-0.39, 0.29) is 11.4 Å². The van der Waals surface area contributed by atoms with Gasteiger partial charge in [0.25, 0.3) is 5.56 Å². The van der Waals surface area contributed by atoms with E-state index in [1.807, 2.05) is 49.4 Å². The molecule has 0 aliphatic carbocycles. The average molecular weight is 293 g/mol. The molecule has 3 aromatic rings. The molecule has 22 heavy (non-hydrogen) atoms. The predicted molar refractivity (Wildman–Crippen MR) is 90.0 cm³/mol. The highest BCUT2D eigenvalue weighted by atomic mass is 16.3. The van der Waals surface area contributed by atoms with Crippen LogP contribution < -0.4 is 5.56 Å². The molecule has 3 rings (SSSR count). The highest BCUT2D eigenvalue weighted by molar-refractivity contribution is 5.87. The Labute approximate surface area is 129 Å². The lowest BCUT2D eigenvalue weighted by Crippen LogP contribution is -2.17. The molecule has 0 fully saturated rings. The van der Waals surface area contributed by atoms with Gasteiger partial charge in [0.05, 0.1) is 5.69 Å². The Balaban J connectivity index is 2.26. The van der Waals surface area contributed by atoms with E-state index in [4.69, 9.17) is 0 Å². The monoisotopic (exact) mass is 293 g/mol. The second-order valence-electron chi connectivity index (χ2n) is 5.92. The van der Waals surface area contributed by atoms with Gasteiger partial charge in [-0.2, -0.15) is 0 Å². The van der Waals surface area contributed by atoms with Crippen molar-refractivity contribution < 1.29 is 5.11 Å². The third-order valence-electron chi connectivity index (χ3n) is 4.05. The fourth-order valence-corrected chi connectivity index (χ4v) is 2.95.